The van der Waals surface area contributed by atoms with Crippen LogP contribution in [0, 0.1) is 11.6 Å². The Labute approximate surface area is 114 Å². The fraction of sp³-hybridized carbons (Fsp3) is 0. The lowest BCUT2D eigenvalue weighted by atomic mass is 10.3. The smallest absolute Gasteiger partial charge is 0.243 e. The van der Waals surface area contributed by atoms with E-state index in [2.05, 4.69) is 25.9 Å². The summed E-state index contributed by atoms with van der Waals surface area (Å²) in [6.45, 7) is 0. The largest absolute Gasteiger partial charge is 0.434 e. The van der Waals surface area contributed by atoms with Gasteiger partial charge in [0.2, 0.25) is 17.6 Å². The molecule has 94 valence electrons. The second-order valence-corrected chi connectivity index (χ2v) is 4.51. The van der Waals surface area contributed by atoms with Gasteiger partial charge >= 0.3 is 0 Å². The van der Waals surface area contributed by atoms with E-state index in [4.69, 9.17) is 22.1 Å². The molecule has 0 aliphatic carbocycles. The summed E-state index contributed by atoms with van der Waals surface area (Å²) in [6, 6.07) is 2.21. The minimum absolute atomic E-state index is 0.0315. The van der Waals surface area contributed by atoms with E-state index in [-0.39, 0.29) is 22.6 Å². The van der Waals surface area contributed by atoms with Crippen LogP contribution in [-0.2, 0) is 0 Å². The molecule has 0 spiro atoms. The fourth-order valence-corrected chi connectivity index (χ4v) is 1.69. The zero-order chi connectivity index (χ0) is 13.3. The molecule has 2 rings (SSSR count). The third-order valence-electron chi connectivity index (χ3n) is 1.90. The topological polar surface area (TPSA) is 61.0 Å². The number of nitrogens with two attached hydrogens (primary N) is 1. The van der Waals surface area contributed by atoms with Crippen LogP contribution in [0.1, 0.15) is 0 Å². The number of nitrogens with zero attached hydrogens (tertiary/aromatic N) is 2. The molecule has 2 aromatic rings. The summed E-state index contributed by atoms with van der Waals surface area (Å²) >= 11 is 8.76. The average Bonchev–Trinajstić information content (AvgIpc) is 2.30. The number of ether oxygens (including phenoxy) is 1. The van der Waals surface area contributed by atoms with Gasteiger partial charge in [-0.2, -0.15) is 9.37 Å². The molecule has 4 nitrogen and oxygen atoms in total. The van der Waals surface area contributed by atoms with Gasteiger partial charge < -0.3 is 10.5 Å². The molecule has 0 saturated heterocycles. The Morgan fingerprint density at radius 1 is 1.33 bits per heavy atom. The van der Waals surface area contributed by atoms with E-state index < -0.39 is 11.6 Å². The first-order valence-electron chi connectivity index (χ1n) is 4.58. The first-order valence-corrected chi connectivity index (χ1v) is 5.75. The standard InChI is InChI=1S/C10H5BrClF2N3O/c11-4-1-6(13)8(14)7(2-4)18-9-5(12)3-16-10(15)17-9/h1-3H,(H2,15,16,17). The average molecular weight is 337 g/mol. The molecular formula is C10H5BrClF2N3O. The van der Waals surface area contributed by atoms with Crippen molar-refractivity contribution in [3.63, 3.8) is 0 Å². The summed E-state index contributed by atoms with van der Waals surface area (Å²) in [4.78, 5) is 7.29. The van der Waals surface area contributed by atoms with Gasteiger partial charge in [0.05, 0.1) is 6.20 Å². The van der Waals surface area contributed by atoms with Crippen LogP contribution in [0.2, 0.25) is 5.02 Å². The quantitative estimate of drug-likeness (QED) is 0.852. The number of halogens is 4. The van der Waals surface area contributed by atoms with Crippen LogP contribution >= 0.6 is 27.5 Å². The van der Waals surface area contributed by atoms with Gasteiger partial charge in [-0.1, -0.05) is 27.5 Å². The first kappa shape index (κ1) is 13.0. The van der Waals surface area contributed by atoms with Gasteiger partial charge in [0.15, 0.2) is 11.6 Å². The highest BCUT2D eigenvalue weighted by Crippen LogP contribution is 2.31. The number of hydrogen-bond acceptors (Lipinski definition) is 4. The number of rotatable bonds is 2. The molecule has 18 heavy (non-hydrogen) atoms. The Hall–Kier alpha value is -1.47. The van der Waals surface area contributed by atoms with Crippen LogP contribution in [0.3, 0.4) is 0 Å². The molecule has 1 aromatic heterocycles. The molecule has 1 heterocycles. The van der Waals surface area contributed by atoms with Gasteiger partial charge in [0, 0.05) is 4.47 Å². The number of hydrogen-bond donors (Lipinski definition) is 1. The molecule has 8 heteroatoms. The third-order valence-corrected chi connectivity index (χ3v) is 2.61. The Morgan fingerprint density at radius 3 is 2.78 bits per heavy atom. The van der Waals surface area contributed by atoms with E-state index in [1.807, 2.05) is 0 Å². The molecule has 0 aliphatic heterocycles. The zero-order valence-electron chi connectivity index (χ0n) is 8.62. The minimum atomic E-state index is -1.15. The summed E-state index contributed by atoms with van der Waals surface area (Å²) in [5.74, 6) is -2.81. The maximum atomic E-state index is 13.5. The van der Waals surface area contributed by atoms with E-state index in [1.54, 1.807) is 0 Å². The summed E-state index contributed by atoms with van der Waals surface area (Å²) in [7, 11) is 0. The van der Waals surface area contributed by atoms with Crippen molar-refractivity contribution >= 4 is 33.5 Å². The Kier molecular flexibility index (Phi) is 3.63. The molecule has 1 aromatic carbocycles. The van der Waals surface area contributed by atoms with E-state index in [9.17, 15) is 8.78 Å². The van der Waals surface area contributed by atoms with Crippen molar-refractivity contribution in [3.8, 4) is 11.6 Å². The molecule has 0 amide bonds. The molecule has 0 aliphatic rings. The maximum Gasteiger partial charge on any atom is 0.243 e. The van der Waals surface area contributed by atoms with Crippen LogP contribution in [0.5, 0.6) is 11.6 Å². The van der Waals surface area contributed by atoms with Gasteiger partial charge in [-0.15, -0.1) is 0 Å². The highest BCUT2D eigenvalue weighted by molar-refractivity contribution is 9.10. The van der Waals surface area contributed by atoms with Crippen molar-refractivity contribution in [1.82, 2.24) is 9.97 Å². The summed E-state index contributed by atoms with van der Waals surface area (Å²) in [6.07, 6.45) is 1.20. The van der Waals surface area contributed by atoms with Gasteiger partial charge in [-0.25, -0.2) is 9.37 Å². The Bertz CT molecular complexity index is 612. The van der Waals surface area contributed by atoms with Crippen LogP contribution in [0.4, 0.5) is 14.7 Å². The monoisotopic (exact) mass is 335 g/mol. The third kappa shape index (κ3) is 2.68. The predicted octanol–water partition coefficient (Wildman–Crippen LogP) is 3.55. The molecule has 0 fully saturated rings. The molecular weight excluding hydrogens is 331 g/mol. The van der Waals surface area contributed by atoms with E-state index in [1.165, 1.54) is 12.3 Å². The zero-order valence-corrected chi connectivity index (χ0v) is 11.0. The number of nitrogen functional groups attached to an aromatic ring is 1. The number of aromatic nitrogens is 2. The van der Waals surface area contributed by atoms with Crippen molar-refractivity contribution < 1.29 is 13.5 Å². The summed E-state index contributed by atoms with van der Waals surface area (Å²) in [5, 5.41) is 0.0315. The fourth-order valence-electron chi connectivity index (χ4n) is 1.15. The predicted molar refractivity (Wildman–Crippen MR) is 65.6 cm³/mol. The van der Waals surface area contributed by atoms with E-state index in [0.717, 1.165) is 6.07 Å². The van der Waals surface area contributed by atoms with Crippen LogP contribution in [0.25, 0.3) is 0 Å². The second kappa shape index (κ2) is 5.03. The van der Waals surface area contributed by atoms with Gasteiger partial charge in [0.25, 0.3) is 0 Å². The summed E-state index contributed by atoms with van der Waals surface area (Å²) in [5.41, 5.74) is 5.34. The lowest BCUT2D eigenvalue weighted by Gasteiger charge is -2.08. The van der Waals surface area contributed by atoms with Gasteiger partial charge in [-0.3, -0.25) is 0 Å². The van der Waals surface area contributed by atoms with Crippen molar-refractivity contribution in [2.75, 3.05) is 5.73 Å². The molecule has 0 atom stereocenters. The molecule has 0 bridgehead atoms. The summed E-state index contributed by atoms with van der Waals surface area (Å²) < 4.78 is 32.0. The normalized spacial score (nSPS) is 10.4. The first-order chi connectivity index (χ1) is 8.47. The number of anilines is 1. The van der Waals surface area contributed by atoms with E-state index >= 15 is 0 Å². The van der Waals surface area contributed by atoms with Crippen molar-refractivity contribution in [2.45, 2.75) is 0 Å². The van der Waals surface area contributed by atoms with Crippen molar-refractivity contribution in [1.29, 1.82) is 0 Å². The minimum Gasteiger partial charge on any atom is -0.434 e. The van der Waals surface area contributed by atoms with Gasteiger partial charge in [0.1, 0.15) is 5.02 Å². The van der Waals surface area contributed by atoms with Crippen LogP contribution in [-0.4, -0.2) is 9.97 Å². The second-order valence-electron chi connectivity index (χ2n) is 3.18. The van der Waals surface area contributed by atoms with E-state index in [0.29, 0.717) is 4.47 Å². The lowest BCUT2D eigenvalue weighted by Crippen LogP contribution is -1.99. The SMILES string of the molecule is Nc1ncc(Cl)c(Oc2cc(Br)cc(F)c2F)n1. The van der Waals surface area contributed by atoms with Crippen molar-refractivity contribution in [2.24, 2.45) is 0 Å². The molecule has 2 N–H and O–H groups in total. The maximum absolute atomic E-state index is 13.5. The lowest BCUT2D eigenvalue weighted by molar-refractivity contribution is 0.405. The van der Waals surface area contributed by atoms with Crippen LogP contribution in [0.15, 0.2) is 22.8 Å². The highest BCUT2D eigenvalue weighted by atomic mass is 79.9. The number of benzene rings is 1. The molecule has 0 saturated carbocycles. The van der Waals surface area contributed by atoms with Crippen LogP contribution < -0.4 is 10.5 Å². The Morgan fingerprint density at radius 2 is 2.06 bits per heavy atom. The van der Waals surface area contributed by atoms with Gasteiger partial charge in [-0.05, 0) is 12.1 Å². The molecule has 0 radical (unpaired) electrons. The Balaban J connectivity index is 2.43. The molecule has 0 unspecified atom stereocenters. The highest BCUT2D eigenvalue weighted by Gasteiger charge is 2.15. The van der Waals surface area contributed by atoms with Crippen molar-refractivity contribution in [3.05, 3.63) is 39.5 Å².